The van der Waals surface area contributed by atoms with Crippen LogP contribution in [0.2, 0.25) is 5.02 Å². The number of halogens is 3. The Hall–Kier alpha value is -3.71. The largest absolute Gasteiger partial charge is 0.507 e. The molecule has 0 aromatic heterocycles. The Morgan fingerprint density at radius 2 is 1.60 bits per heavy atom. The number of carbonyl (C=O) groups is 2. The van der Waals surface area contributed by atoms with Crippen LogP contribution in [-0.4, -0.2) is 29.9 Å². The third kappa shape index (κ3) is 4.51. The highest BCUT2D eigenvalue weighted by Gasteiger charge is 2.47. The molecule has 8 heteroatoms. The van der Waals surface area contributed by atoms with Gasteiger partial charge in [0.05, 0.1) is 17.3 Å². The zero-order valence-corrected chi connectivity index (χ0v) is 19.9. The minimum Gasteiger partial charge on any atom is -0.507 e. The van der Waals surface area contributed by atoms with Crippen LogP contribution >= 0.6 is 11.6 Å². The van der Waals surface area contributed by atoms with E-state index >= 15 is 0 Å². The average molecular weight is 497 g/mol. The highest BCUT2D eigenvalue weighted by Crippen LogP contribution is 2.43. The van der Waals surface area contributed by atoms with E-state index in [1.807, 2.05) is 26.0 Å². The van der Waals surface area contributed by atoms with Crippen LogP contribution in [0.3, 0.4) is 0 Å². The van der Waals surface area contributed by atoms with Crippen LogP contribution in [0.1, 0.15) is 31.0 Å². The molecule has 1 N–H and O–H groups in total. The van der Waals surface area contributed by atoms with Gasteiger partial charge in [-0.1, -0.05) is 23.7 Å². The van der Waals surface area contributed by atoms with Crippen LogP contribution in [-0.2, 0) is 9.59 Å². The number of Topliss-reactive ketones (excluding diaryl/α,β-unsaturated/α-hetero) is 1. The maximum atomic E-state index is 14.8. The molecule has 1 amide bonds. The molecule has 0 spiro atoms. The van der Waals surface area contributed by atoms with Gasteiger partial charge in [0.2, 0.25) is 0 Å². The van der Waals surface area contributed by atoms with E-state index in [1.54, 1.807) is 12.1 Å². The summed E-state index contributed by atoms with van der Waals surface area (Å²) in [7, 11) is 0. The molecule has 0 radical (unpaired) electrons. The van der Waals surface area contributed by atoms with E-state index in [9.17, 15) is 23.5 Å². The van der Waals surface area contributed by atoms with Gasteiger partial charge >= 0.3 is 0 Å². The fourth-order valence-corrected chi connectivity index (χ4v) is 4.41. The molecule has 1 saturated heterocycles. The SMILES string of the molecule is CCN(CC)c1ccc(C2/C(=C(\O)c3ccc(Cl)cc3)C(=O)C(=O)N2c2cc(F)ccc2F)cc1. The number of amides is 1. The second-order valence-electron chi connectivity index (χ2n) is 8.04. The number of carbonyl (C=O) groups excluding carboxylic acids is 2. The lowest BCUT2D eigenvalue weighted by molar-refractivity contribution is -0.132. The van der Waals surface area contributed by atoms with Crippen LogP contribution in [0.15, 0.2) is 72.3 Å². The van der Waals surface area contributed by atoms with Crippen molar-refractivity contribution in [3.63, 3.8) is 0 Å². The van der Waals surface area contributed by atoms with Crippen molar-refractivity contribution < 1.29 is 23.5 Å². The van der Waals surface area contributed by atoms with Gasteiger partial charge in [-0.15, -0.1) is 0 Å². The molecule has 180 valence electrons. The number of ketones is 1. The summed E-state index contributed by atoms with van der Waals surface area (Å²) in [5.74, 6) is -4.14. The van der Waals surface area contributed by atoms with Gasteiger partial charge in [-0.05, 0) is 67.9 Å². The Morgan fingerprint density at radius 1 is 0.971 bits per heavy atom. The van der Waals surface area contributed by atoms with Gasteiger partial charge < -0.3 is 10.0 Å². The normalized spacial score (nSPS) is 17.2. The number of benzene rings is 3. The number of nitrogens with zero attached hydrogens (tertiary/aromatic N) is 2. The fourth-order valence-electron chi connectivity index (χ4n) is 4.29. The summed E-state index contributed by atoms with van der Waals surface area (Å²) < 4.78 is 28.9. The van der Waals surface area contributed by atoms with E-state index in [1.165, 1.54) is 24.3 Å². The molecular formula is C27H23ClF2N2O3. The number of aliphatic hydroxyl groups excluding tert-OH is 1. The Bertz CT molecular complexity index is 1300. The smallest absolute Gasteiger partial charge is 0.300 e. The zero-order chi connectivity index (χ0) is 25.3. The van der Waals surface area contributed by atoms with Crippen molar-refractivity contribution in [3.05, 3.63) is 100 Å². The number of hydrogen-bond acceptors (Lipinski definition) is 4. The van der Waals surface area contributed by atoms with Crippen molar-refractivity contribution in [3.8, 4) is 0 Å². The van der Waals surface area contributed by atoms with Crippen LogP contribution in [0, 0.1) is 11.6 Å². The molecular weight excluding hydrogens is 474 g/mol. The molecule has 1 aliphatic heterocycles. The van der Waals surface area contributed by atoms with Crippen molar-refractivity contribution in [1.82, 2.24) is 0 Å². The molecule has 35 heavy (non-hydrogen) atoms. The first-order valence-corrected chi connectivity index (χ1v) is 11.5. The van der Waals surface area contributed by atoms with Gasteiger partial charge in [0.15, 0.2) is 0 Å². The van der Waals surface area contributed by atoms with E-state index in [0.29, 0.717) is 10.6 Å². The molecule has 1 heterocycles. The van der Waals surface area contributed by atoms with E-state index in [4.69, 9.17) is 11.6 Å². The highest BCUT2D eigenvalue weighted by atomic mass is 35.5. The maximum absolute atomic E-state index is 14.8. The van der Waals surface area contributed by atoms with E-state index in [0.717, 1.165) is 41.9 Å². The zero-order valence-electron chi connectivity index (χ0n) is 19.1. The van der Waals surface area contributed by atoms with E-state index in [2.05, 4.69) is 4.90 Å². The van der Waals surface area contributed by atoms with Gasteiger partial charge in [0.25, 0.3) is 11.7 Å². The van der Waals surface area contributed by atoms with Gasteiger partial charge in [0.1, 0.15) is 17.4 Å². The monoisotopic (exact) mass is 496 g/mol. The molecule has 1 unspecified atom stereocenters. The molecule has 1 aliphatic rings. The molecule has 0 saturated carbocycles. The van der Waals surface area contributed by atoms with Crippen LogP contribution in [0.25, 0.3) is 5.76 Å². The molecule has 5 nitrogen and oxygen atoms in total. The molecule has 1 fully saturated rings. The Labute approximate surface area is 206 Å². The van der Waals surface area contributed by atoms with Crippen LogP contribution in [0.4, 0.5) is 20.2 Å². The minimum absolute atomic E-state index is 0.225. The summed E-state index contributed by atoms with van der Waals surface area (Å²) in [4.78, 5) is 29.3. The topological polar surface area (TPSA) is 60.9 Å². The van der Waals surface area contributed by atoms with E-state index < -0.39 is 35.1 Å². The first kappa shape index (κ1) is 24.4. The lowest BCUT2D eigenvalue weighted by atomic mass is 9.95. The summed E-state index contributed by atoms with van der Waals surface area (Å²) in [6, 6.07) is 14.7. The summed E-state index contributed by atoms with van der Waals surface area (Å²) in [5.41, 5.74) is 1.03. The third-order valence-electron chi connectivity index (χ3n) is 6.07. The molecule has 0 bridgehead atoms. The lowest BCUT2D eigenvalue weighted by Gasteiger charge is -2.27. The average Bonchev–Trinajstić information content (AvgIpc) is 3.12. The van der Waals surface area contributed by atoms with Crippen molar-refractivity contribution >= 4 is 40.4 Å². The summed E-state index contributed by atoms with van der Waals surface area (Å²) in [6.07, 6.45) is 0. The van der Waals surface area contributed by atoms with Crippen molar-refractivity contribution in [2.45, 2.75) is 19.9 Å². The Kier molecular flexibility index (Phi) is 6.89. The lowest BCUT2D eigenvalue weighted by Crippen LogP contribution is -2.30. The molecule has 3 aromatic carbocycles. The Balaban J connectivity index is 1.93. The molecule has 0 aliphatic carbocycles. The standard InChI is InChI=1S/C27H23ClF2N2O3/c1-3-31(4-2)20-12-7-16(8-13-20)24-23(25(33)17-5-9-18(28)10-6-17)26(34)27(35)32(24)22-15-19(29)11-14-21(22)30/h5-15,24,33H,3-4H2,1-2H3/b25-23+. The van der Waals surface area contributed by atoms with Gasteiger partial charge in [-0.25, -0.2) is 8.78 Å². The summed E-state index contributed by atoms with van der Waals surface area (Å²) in [6.45, 7) is 5.59. The van der Waals surface area contributed by atoms with Crippen LogP contribution in [0.5, 0.6) is 0 Å². The fraction of sp³-hybridized carbons (Fsp3) is 0.185. The predicted molar refractivity (Wildman–Crippen MR) is 133 cm³/mol. The highest BCUT2D eigenvalue weighted by molar-refractivity contribution is 6.51. The van der Waals surface area contributed by atoms with Gasteiger partial charge in [-0.2, -0.15) is 0 Å². The van der Waals surface area contributed by atoms with Gasteiger partial charge in [0, 0.05) is 35.4 Å². The number of anilines is 2. The Morgan fingerprint density at radius 3 is 2.20 bits per heavy atom. The van der Waals surface area contributed by atoms with Crippen molar-refractivity contribution in [2.24, 2.45) is 0 Å². The molecule has 3 aromatic rings. The first-order chi connectivity index (χ1) is 16.8. The predicted octanol–water partition coefficient (Wildman–Crippen LogP) is 6.09. The quantitative estimate of drug-likeness (QED) is 0.255. The maximum Gasteiger partial charge on any atom is 0.300 e. The summed E-state index contributed by atoms with van der Waals surface area (Å²) >= 11 is 5.94. The van der Waals surface area contributed by atoms with Crippen molar-refractivity contribution in [2.75, 3.05) is 22.9 Å². The minimum atomic E-state index is -1.17. The number of hydrogen-bond donors (Lipinski definition) is 1. The first-order valence-electron chi connectivity index (χ1n) is 11.1. The van der Waals surface area contributed by atoms with Crippen LogP contribution < -0.4 is 9.80 Å². The van der Waals surface area contributed by atoms with E-state index in [-0.39, 0.29) is 16.8 Å². The third-order valence-corrected chi connectivity index (χ3v) is 6.32. The second kappa shape index (κ2) is 9.88. The number of aliphatic hydroxyl groups is 1. The summed E-state index contributed by atoms with van der Waals surface area (Å²) in [5, 5.41) is 11.5. The molecule has 1 atom stereocenters. The number of rotatable bonds is 6. The second-order valence-corrected chi connectivity index (χ2v) is 8.47. The van der Waals surface area contributed by atoms with Gasteiger partial charge in [-0.3, -0.25) is 14.5 Å². The van der Waals surface area contributed by atoms with Crippen molar-refractivity contribution in [1.29, 1.82) is 0 Å². The molecule has 4 rings (SSSR count).